The van der Waals surface area contributed by atoms with Gasteiger partial charge < -0.3 is 10.1 Å². The van der Waals surface area contributed by atoms with Gasteiger partial charge in [-0.25, -0.2) is 0 Å². The molecule has 18 heavy (non-hydrogen) atoms. The summed E-state index contributed by atoms with van der Waals surface area (Å²) in [7, 11) is 0. The molecular formula is C15H24N2O. The van der Waals surface area contributed by atoms with Crippen LogP contribution in [0.25, 0.3) is 0 Å². The van der Waals surface area contributed by atoms with Crippen LogP contribution in [0.5, 0.6) is 0 Å². The normalized spacial score (nSPS) is 24.1. The average Bonchev–Trinajstić information content (AvgIpc) is 2.40. The molecule has 1 heterocycles. The number of ether oxygens (including phenoxy) is 1. The van der Waals surface area contributed by atoms with Gasteiger partial charge >= 0.3 is 0 Å². The van der Waals surface area contributed by atoms with Crippen LogP contribution < -0.4 is 5.32 Å². The molecule has 1 fully saturated rings. The van der Waals surface area contributed by atoms with E-state index in [-0.39, 0.29) is 0 Å². The van der Waals surface area contributed by atoms with Gasteiger partial charge in [0.25, 0.3) is 0 Å². The van der Waals surface area contributed by atoms with Crippen molar-refractivity contribution in [1.82, 2.24) is 10.3 Å². The standard InChI is InChI=1S/C15H24N2O/c1-13-4-2-6-15(10-13)18-9-8-17-12-14-5-3-7-16-11-14/h3,5,7,11,13,15,17H,2,4,6,8-10,12H2,1H3. The Bertz CT molecular complexity index is 329. The molecule has 1 saturated carbocycles. The first-order chi connectivity index (χ1) is 8.84. The van der Waals surface area contributed by atoms with E-state index in [0.29, 0.717) is 6.10 Å². The van der Waals surface area contributed by atoms with Gasteiger partial charge in [-0.3, -0.25) is 4.98 Å². The Morgan fingerprint density at radius 2 is 2.39 bits per heavy atom. The Morgan fingerprint density at radius 1 is 1.44 bits per heavy atom. The number of aromatic nitrogens is 1. The monoisotopic (exact) mass is 248 g/mol. The number of hydrogen-bond donors (Lipinski definition) is 1. The maximum absolute atomic E-state index is 5.91. The van der Waals surface area contributed by atoms with Crippen molar-refractivity contribution in [2.45, 2.75) is 45.3 Å². The minimum Gasteiger partial charge on any atom is -0.377 e. The first kappa shape index (κ1) is 13.5. The van der Waals surface area contributed by atoms with E-state index >= 15 is 0 Å². The SMILES string of the molecule is CC1CCCC(OCCNCc2cccnc2)C1. The van der Waals surface area contributed by atoms with Gasteiger partial charge in [0, 0.05) is 25.5 Å². The summed E-state index contributed by atoms with van der Waals surface area (Å²) in [6.07, 6.45) is 9.38. The highest BCUT2D eigenvalue weighted by molar-refractivity contribution is 5.07. The van der Waals surface area contributed by atoms with Crippen LogP contribution in [0.2, 0.25) is 0 Å². The third-order valence-electron chi connectivity index (χ3n) is 3.57. The summed E-state index contributed by atoms with van der Waals surface area (Å²) in [6, 6.07) is 4.06. The fourth-order valence-corrected chi connectivity index (χ4v) is 2.56. The van der Waals surface area contributed by atoms with Crippen LogP contribution in [0.15, 0.2) is 24.5 Å². The topological polar surface area (TPSA) is 34.1 Å². The van der Waals surface area contributed by atoms with Gasteiger partial charge in [-0.15, -0.1) is 0 Å². The number of hydrogen-bond acceptors (Lipinski definition) is 3. The van der Waals surface area contributed by atoms with Gasteiger partial charge in [0.2, 0.25) is 0 Å². The number of rotatable bonds is 6. The van der Waals surface area contributed by atoms with Crippen LogP contribution in [0.4, 0.5) is 0 Å². The lowest BCUT2D eigenvalue weighted by molar-refractivity contribution is 0.0173. The lowest BCUT2D eigenvalue weighted by atomic mass is 9.89. The van der Waals surface area contributed by atoms with E-state index in [9.17, 15) is 0 Å². The zero-order valence-corrected chi connectivity index (χ0v) is 11.3. The van der Waals surface area contributed by atoms with Crippen LogP contribution in [-0.4, -0.2) is 24.2 Å². The van der Waals surface area contributed by atoms with E-state index in [0.717, 1.165) is 25.6 Å². The number of nitrogens with one attached hydrogen (secondary N) is 1. The summed E-state index contributed by atoms with van der Waals surface area (Å²) in [4.78, 5) is 4.09. The van der Waals surface area contributed by atoms with Gasteiger partial charge in [0.15, 0.2) is 0 Å². The Morgan fingerprint density at radius 3 is 3.17 bits per heavy atom. The van der Waals surface area contributed by atoms with Crippen molar-refractivity contribution in [2.75, 3.05) is 13.2 Å². The van der Waals surface area contributed by atoms with Gasteiger partial charge in [0.05, 0.1) is 12.7 Å². The fraction of sp³-hybridized carbons (Fsp3) is 0.667. The summed E-state index contributed by atoms with van der Waals surface area (Å²) in [5, 5.41) is 3.39. The average molecular weight is 248 g/mol. The second-order valence-electron chi connectivity index (χ2n) is 5.30. The lowest BCUT2D eigenvalue weighted by Gasteiger charge is -2.26. The summed E-state index contributed by atoms with van der Waals surface area (Å²) >= 11 is 0. The summed E-state index contributed by atoms with van der Waals surface area (Å²) in [5.41, 5.74) is 1.23. The highest BCUT2D eigenvalue weighted by Crippen LogP contribution is 2.25. The van der Waals surface area contributed by atoms with Crippen LogP contribution in [0.1, 0.15) is 38.2 Å². The van der Waals surface area contributed by atoms with E-state index in [1.54, 1.807) is 6.20 Å². The molecule has 0 aromatic carbocycles. The first-order valence-corrected chi connectivity index (χ1v) is 7.06. The molecule has 1 aromatic heterocycles. The minimum atomic E-state index is 0.494. The molecule has 3 heteroatoms. The van der Waals surface area contributed by atoms with Crippen molar-refractivity contribution in [3.05, 3.63) is 30.1 Å². The second kappa shape index (κ2) is 7.49. The molecule has 1 N–H and O–H groups in total. The molecule has 3 nitrogen and oxygen atoms in total. The molecule has 0 aliphatic heterocycles. The minimum absolute atomic E-state index is 0.494. The van der Waals surface area contributed by atoms with Crippen molar-refractivity contribution in [2.24, 2.45) is 5.92 Å². The highest BCUT2D eigenvalue weighted by Gasteiger charge is 2.18. The molecule has 100 valence electrons. The summed E-state index contributed by atoms with van der Waals surface area (Å²) in [6.45, 7) is 4.94. The molecule has 0 amide bonds. The summed E-state index contributed by atoms with van der Waals surface area (Å²) < 4.78 is 5.91. The second-order valence-corrected chi connectivity index (χ2v) is 5.30. The molecule has 2 atom stereocenters. The molecule has 0 bridgehead atoms. The predicted molar refractivity (Wildman–Crippen MR) is 73.3 cm³/mol. The van der Waals surface area contributed by atoms with Crippen LogP contribution >= 0.6 is 0 Å². The Hall–Kier alpha value is -0.930. The summed E-state index contributed by atoms with van der Waals surface area (Å²) in [5.74, 6) is 0.840. The predicted octanol–water partition coefficient (Wildman–Crippen LogP) is 2.77. The van der Waals surface area contributed by atoms with Crippen molar-refractivity contribution in [1.29, 1.82) is 0 Å². The number of nitrogens with zero attached hydrogens (tertiary/aromatic N) is 1. The zero-order chi connectivity index (χ0) is 12.6. The van der Waals surface area contributed by atoms with Gasteiger partial charge in [-0.2, -0.15) is 0 Å². The van der Waals surface area contributed by atoms with Crippen molar-refractivity contribution < 1.29 is 4.74 Å². The van der Waals surface area contributed by atoms with Gasteiger partial charge in [-0.05, 0) is 30.4 Å². The van der Waals surface area contributed by atoms with E-state index in [1.165, 1.54) is 31.2 Å². The Labute approximate surface area is 110 Å². The zero-order valence-electron chi connectivity index (χ0n) is 11.3. The number of pyridine rings is 1. The van der Waals surface area contributed by atoms with Crippen LogP contribution in [-0.2, 0) is 11.3 Å². The third kappa shape index (κ3) is 4.75. The molecule has 0 radical (unpaired) electrons. The molecule has 0 spiro atoms. The van der Waals surface area contributed by atoms with Crippen LogP contribution in [0.3, 0.4) is 0 Å². The van der Waals surface area contributed by atoms with Gasteiger partial charge in [-0.1, -0.05) is 25.8 Å². The van der Waals surface area contributed by atoms with Crippen molar-refractivity contribution in [3.8, 4) is 0 Å². The molecule has 2 rings (SSSR count). The van der Waals surface area contributed by atoms with Gasteiger partial charge in [0.1, 0.15) is 0 Å². The quantitative estimate of drug-likeness (QED) is 0.786. The maximum Gasteiger partial charge on any atom is 0.0594 e. The molecule has 1 aliphatic carbocycles. The largest absolute Gasteiger partial charge is 0.377 e. The molecule has 0 saturated heterocycles. The lowest BCUT2D eigenvalue weighted by Crippen LogP contribution is -2.26. The Balaban J connectivity index is 1.53. The van der Waals surface area contributed by atoms with E-state index < -0.39 is 0 Å². The molecule has 2 unspecified atom stereocenters. The third-order valence-corrected chi connectivity index (χ3v) is 3.57. The highest BCUT2D eigenvalue weighted by atomic mass is 16.5. The van der Waals surface area contributed by atoms with E-state index in [4.69, 9.17) is 4.74 Å². The first-order valence-electron chi connectivity index (χ1n) is 7.06. The smallest absolute Gasteiger partial charge is 0.0594 e. The molecule has 1 aromatic rings. The van der Waals surface area contributed by atoms with Crippen molar-refractivity contribution >= 4 is 0 Å². The van der Waals surface area contributed by atoms with E-state index in [1.807, 2.05) is 12.3 Å². The Kier molecular flexibility index (Phi) is 5.62. The fourth-order valence-electron chi connectivity index (χ4n) is 2.56. The molecule has 1 aliphatic rings. The van der Waals surface area contributed by atoms with E-state index in [2.05, 4.69) is 23.3 Å². The van der Waals surface area contributed by atoms with Crippen LogP contribution in [0, 0.1) is 5.92 Å². The maximum atomic E-state index is 5.91. The van der Waals surface area contributed by atoms with Crippen molar-refractivity contribution in [3.63, 3.8) is 0 Å². The molecular weight excluding hydrogens is 224 g/mol.